The molecule has 11 heteroatoms. The molecular weight excluding hydrogens is 474 g/mol. The molecule has 1 aliphatic rings. The molecule has 37 heavy (non-hydrogen) atoms. The Balaban J connectivity index is 1.51. The van der Waals surface area contributed by atoms with Gasteiger partial charge in [-0.1, -0.05) is 35.5 Å². The number of anilines is 3. The predicted molar refractivity (Wildman–Crippen MR) is 136 cm³/mol. The van der Waals surface area contributed by atoms with Crippen molar-refractivity contribution in [3.8, 4) is 11.5 Å². The van der Waals surface area contributed by atoms with Gasteiger partial charge in [-0.3, -0.25) is 4.79 Å². The monoisotopic (exact) mass is 501 g/mol. The van der Waals surface area contributed by atoms with Crippen LogP contribution in [0.15, 0.2) is 59.3 Å². The summed E-state index contributed by atoms with van der Waals surface area (Å²) in [5, 5.41) is 33.6. The highest BCUT2D eigenvalue weighted by molar-refractivity contribution is 5.99. The molecule has 1 aliphatic heterocycles. The van der Waals surface area contributed by atoms with E-state index < -0.39 is 11.6 Å². The summed E-state index contributed by atoms with van der Waals surface area (Å²) in [6, 6.07) is 14.3. The Kier molecular flexibility index (Phi) is 6.32. The molecule has 5 rings (SSSR count). The number of rotatable bonds is 8. The highest BCUT2D eigenvalue weighted by Crippen LogP contribution is 2.32. The van der Waals surface area contributed by atoms with E-state index in [9.17, 15) is 15.0 Å². The van der Waals surface area contributed by atoms with Gasteiger partial charge >= 0.3 is 0 Å². The highest BCUT2D eigenvalue weighted by atomic mass is 16.5. The fraction of sp³-hybridized carbons (Fsp3) is 0.269. The lowest BCUT2D eigenvalue weighted by Gasteiger charge is -2.19. The van der Waals surface area contributed by atoms with E-state index in [-0.39, 0.29) is 36.2 Å². The Morgan fingerprint density at radius 2 is 1.92 bits per heavy atom. The molecule has 190 valence electrons. The van der Waals surface area contributed by atoms with E-state index in [1.54, 1.807) is 26.0 Å². The SMILES string of the molecule is CC1NC(=O)c2ccc(Nc3ncc(-c4nc(C(C)(C)O)no4)c(N[C@H](CO)c4ccccc4)n3)cc21. The first-order valence-corrected chi connectivity index (χ1v) is 11.8. The molecule has 1 unspecified atom stereocenters. The summed E-state index contributed by atoms with van der Waals surface area (Å²) in [5.41, 5.74) is 2.21. The maximum atomic E-state index is 12.1. The molecule has 0 aliphatic carbocycles. The molecule has 0 bridgehead atoms. The Bertz CT molecular complexity index is 1430. The number of benzene rings is 2. The fourth-order valence-electron chi connectivity index (χ4n) is 4.06. The molecule has 3 heterocycles. The molecule has 2 atom stereocenters. The average Bonchev–Trinajstić information content (AvgIpc) is 3.48. The largest absolute Gasteiger partial charge is 0.394 e. The van der Waals surface area contributed by atoms with E-state index in [4.69, 9.17) is 4.52 Å². The number of fused-ring (bicyclic) bond motifs is 1. The van der Waals surface area contributed by atoms with Crippen LogP contribution in [-0.2, 0) is 5.60 Å². The van der Waals surface area contributed by atoms with Crippen molar-refractivity contribution >= 4 is 23.4 Å². The number of aromatic nitrogens is 4. The van der Waals surface area contributed by atoms with Crippen LogP contribution in [0.5, 0.6) is 0 Å². The van der Waals surface area contributed by atoms with Crippen molar-refractivity contribution in [3.63, 3.8) is 0 Å². The lowest BCUT2D eigenvalue weighted by atomic mass is 10.1. The van der Waals surface area contributed by atoms with Gasteiger partial charge in [0, 0.05) is 17.4 Å². The van der Waals surface area contributed by atoms with Crippen molar-refractivity contribution in [2.75, 3.05) is 17.2 Å². The maximum absolute atomic E-state index is 12.1. The van der Waals surface area contributed by atoms with Crippen LogP contribution in [0.3, 0.4) is 0 Å². The van der Waals surface area contributed by atoms with Gasteiger partial charge in [0.05, 0.1) is 18.7 Å². The summed E-state index contributed by atoms with van der Waals surface area (Å²) in [4.78, 5) is 25.4. The predicted octanol–water partition coefficient (Wildman–Crippen LogP) is 3.45. The summed E-state index contributed by atoms with van der Waals surface area (Å²) in [7, 11) is 0. The van der Waals surface area contributed by atoms with Crippen LogP contribution in [0.25, 0.3) is 11.5 Å². The Hall–Kier alpha value is -4.35. The van der Waals surface area contributed by atoms with Crippen molar-refractivity contribution in [1.82, 2.24) is 25.4 Å². The number of nitrogens with zero attached hydrogens (tertiary/aromatic N) is 4. The number of amides is 1. The van der Waals surface area contributed by atoms with Crippen LogP contribution in [0.2, 0.25) is 0 Å². The van der Waals surface area contributed by atoms with Crippen molar-refractivity contribution in [2.24, 2.45) is 0 Å². The Morgan fingerprint density at radius 1 is 1.14 bits per heavy atom. The third-order valence-electron chi connectivity index (χ3n) is 6.05. The number of carbonyl (C=O) groups excluding carboxylic acids is 1. The molecular formula is C26H27N7O4. The average molecular weight is 502 g/mol. The number of carbonyl (C=O) groups is 1. The van der Waals surface area contributed by atoms with Gasteiger partial charge in [-0.15, -0.1) is 0 Å². The second kappa shape index (κ2) is 9.60. The lowest BCUT2D eigenvalue weighted by Crippen LogP contribution is -2.18. The number of nitrogens with one attached hydrogen (secondary N) is 3. The minimum Gasteiger partial charge on any atom is -0.394 e. The van der Waals surface area contributed by atoms with Crippen molar-refractivity contribution in [2.45, 2.75) is 38.5 Å². The molecule has 0 fully saturated rings. The van der Waals surface area contributed by atoms with E-state index in [1.165, 1.54) is 6.20 Å². The molecule has 0 spiro atoms. The van der Waals surface area contributed by atoms with Gasteiger partial charge in [0.1, 0.15) is 17.0 Å². The maximum Gasteiger partial charge on any atom is 0.263 e. The molecule has 0 radical (unpaired) electrons. The molecule has 0 saturated heterocycles. The summed E-state index contributed by atoms with van der Waals surface area (Å²) < 4.78 is 5.41. The van der Waals surface area contributed by atoms with Crippen LogP contribution in [0.4, 0.5) is 17.5 Å². The quantitative estimate of drug-likeness (QED) is 0.242. The van der Waals surface area contributed by atoms with Gasteiger partial charge in [0.2, 0.25) is 11.8 Å². The van der Waals surface area contributed by atoms with Crippen LogP contribution >= 0.6 is 0 Å². The Labute approximate surface area is 213 Å². The summed E-state index contributed by atoms with van der Waals surface area (Å²) >= 11 is 0. The van der Waals surface area contributed by atoms with Gasteiger partial charge in [-0.2, -0.15) is 9.97 Å². The molecule has 5 N–H and O–H groups in total. The first kappa shape index (κ1) is 24.3. The van der Waals surface area contributed by atoms with Crippen molar-refractivity contribution < 1.29 is 19.5 Å². The summed E-state index contributed by atoms with van der Waals surface area (Å²) in [6.07, 6.45) is 1.53. The zero-order chi connectivity index (χ0) is 26.2. The van der Waals surface area contributed by atoms with Crippen LogP contribution in [0, 0.1) is 0 Å². The van der Waals surface area contributed by atoms with E-state index in [0.29, 0.717) is 22.6 Å². The zero-order valence-corrected chi connectivity index (χ0v) is 20.6. The summed E-state index contributed by atoms with van der Waals surface area (Å²) in [6.45, 7) is 4.84. The van der Waals surface area contributed by atoms with Crippen LogP contribution < -0.4 is 16.0 Å². The topological polar surface area (TPSA) is 158 Å². The highest BCUT2D eigenvalue weighted by Gasteiger charge is 2.27. The molecule has 2 aromatic carbocycles. The fourth-order valence-corrected chi connectivity index (χ4v) is 4.06. The van der Waals surface area contributed by atoms with E-state index >= 15 is 0 Å². The zero-order valence-electron chi connectivity index (χ0n) is 20.6. The second-order valence-electron chi connectivity index (χ2n) is 9.35. The minimum atomic E-state index is -1.30. The first-order valence-electron chi connectivity index (χ1n) is 11.8. The first-order chi connectivity index (χ1) is 17.7. The van der Waals surface area contributed by atoms with Gasteiger partial charge in [0.25, 0.3) is 11.8 Å². The van der Waals surface area contributed by atoms with Gasteiger partial charge in [-0.05, 0) is 50.1 Å². The third-order valence-corrected chi connectivity index (χ3v) is 6.05. The normalized spacial score (nSPS) is 15.7. The number of aliphatic hydroxyl groups excluding tert-OH is 1. The van der Waals surface area contributed by atoms with Crippen LogP contribution in [-0.4, -0.2) is 42.8 Å². The van der Waals surface area contributed by atoms with Gasteiger partial charge in [0.15, 0.2) is 0 Å². The van der Waals surface area contributed by atoms with E-state index in [2.05, 4.69) is 36.1 Å². The number of aliphatic hydroxyl groups is 2. The van der Waals surface area contributed by atoms with E-state index in [1.807, 2.05) is 43.3 Å². The second-order valence-corrected chi connectivity index (χ2v) is 9.35. The van der Waals surface area contributed by atoms with Crippen molar-refractivity contribution in [3.05, 3.63) is 77.2 Å². The minimum absolute atomic E-state index is 0.0940. The standard InChI is InChI=1S/C26H27N7O4/c1-14-18-11-16(9-10-17(18)22(35)28-14)29-25-27-12-19(23-32-24(33-37-23)26(2,3)36)21(31-25)30-20(13-34)15-7-5-4-6-8-15/h4-12,14,20,34,36H,13H2,1-3H3,(H,28,35)(H2,27,29,30,31)/t14?,20-/m1/s1. The molecule has 4 aromatic rings. The lowest BCUT2D eigenvalue weighted by molar-refractivity contribution is 0.0661. The summed E-state index contributed by atoms with van der Waals surface area (Å²) in [5.74, 6) is 0.766. The number of hydrogen-bond acceptors (Lipinski definition) is 10. The van der Waals surface area contributed by atoms with Crippen LogP contribution in [0.1, 0.15) is 60.2 Å². The number of hydrogen-bond donors (Lipinski definition) is 5. The molecule has 2 aromatic heterocycles. The van der Waals surface area contributed by atoms with Crippen molar-refractivity contribution in [1.29, 1.82) is 0 Å². The molecule has 0 saturated carbocycles. The van der Waals surface area contributed by atoms with E-state index in [0.717, 1.165) is 11.1 Å². The van der Waals surface area contributed by atoms with Gasteiger partial charge in [-0.25, -0.2) is 4.98 Å². The third kappa shape index (κ3) is 4.99. The molecule has 11 nitrogen and oxygen atoms in total. The Morgan fingerprint density at radius 3 is 2.62 bits per heavy atom. The smallest absolute Gasteiger partial charge is 0.263 e. The van der Waals surface area contributed by atoms with Gasteiger partial charge < -0.3 is 30.7 Å². The molecule has 1 amide bonds.